The summed E-state index contributed by atoms with van der Waals surface area (Å²) in [6.07, 6.45) is 0.740. The average molecular weight is 407 g/mol. The number of carbonyl (C=O) groups is 1. The Labute approximate surface area is 161 Å². The van der Waals surface area contributed by atoms with Crippen LogP contribution in [0.15, 0.2) is 28.7 Å². The Morgan fingerprint density at radius 1 is 1.20 bits per heavy atom. The van der Waals surface area contributed by atoms with Gasteiger partial charge in [0.1, 0.15) is 12.4 Å². The number of hydrogen-bond donors (Lipinski definition) is 1. The maximum Gasteiger partial charge on any atom is 0.286 e. The summed E-state index contributed by atoms with van der Waals surface area (Å²) in [6, 6.07) is 6.32. The lowest BCUT2D eigenvalue weighted by atomic mass is 10.3. The van der Waals surface area contributed by atoms with Crippen molar-refractivity contribution in [2.45, 2.75) is 20.0 Å². The van der Waals surface area contributed by atoms with Gasteiger partial charge < -0.3 is 19.2 Å². The van der Waals surface area contributed by atoms with Gasteiger partial charge in [-0.3, -0.25) is 4.79 Å². The Balaban J connectivity index is 1.86. The molecule has 1 heterocycles. The van der Waals surface area contributed by atoms with Gasteiger partial charge in [0.25, 0.3) is 5.91 Å². The lowest BCUT2D eigenvalue weighted by molar-refractivity contribution is 0.0913. The molecule has 5 nitrogen and oxygen atoms in total. The Hall–Kier alpha value is -1.40. The maximum absolute atomic E-state index is 12.0. The molecule has 0 saturated carbocycles. The number of benzene rings is 1. The summed E-state index contributed by atoms with van der Waals surface area (Å²) in [5.74, 6) is 0.709. The highest BCUT2D eigenvalue weighted by Crippen LogP contribution is 2.36. The molecule has 2 rings (SSSR count). The second-order valence-corrected chi connectivity index (χ2v) is 6.31. The Kier molecular flexibility index (Phi) is 7.90. The van der Waals surface area contributed by atoms with Gasteiger partial charge >= 0.3 is 0 Å². The smallest absolute Gasteiger partial charge is 0.286 e. The van der Waals surface area contributed by atoms with E-state index in [-0.39, 0.29) is 18.3 Å². The van der Waals surface area contributed by atoms with Gasteiger partial charge in [0.05, 0.1) is 10.0 Å². The number of rotatable bonds is 9. The highest BCUT2D eigenvalue weighted by molar-refractivity contribution is 6.40. The van der Waals surface area contributed by atoms with Gasteiger partial charge in [0, 0.05) is 24.8 Å². The van der Waals surface area contributed by atoms with Gasteiger partial charge in [-0.15, -0.1) is 0 Å². The molecule has 136 valence electrons. The lowest BCUT2D eigenvalue weighted by Gasteiger charge is -2.09. The Morgan fingerprint density at radius 2 is 1.92 bits per heavy atom. The van der Waals surface area contributed by atoms with Crippen LogP contribution in [0, 0.1) is 0 Å². The van der Waals surface area contributed by atoms with E-state index in [2.05, 4.69) is 5.32 Å². The topological polar surface area (TPSA) is 60.7 Å². The van der Waals surface area contributed by atoms with E-state index in [9.17, 15) is 4.79 Å². The number of furan rings is 1. The summed E-state index contributed by atoms with van der Waals surface area (Å²) < 4.78 is 16.2. The van der Waals surface area contributed by atoms with Crippen molar-refractivity contribution in [3.63, 3.8) is 0 Å². The predicted octanol–water partition coefficient (Wildman–Crippen LogP) is 4.98. The molecule has 25 heavy (non-hydrogen) atoms. The molecule has 0 unspecified atom stereocenters. The number of nitrogens with one attached hydrogen (secondary N) is 1. The second-order valence-electron chi connectivity index (χ2n) is 5.06. The van der Waals surface area contributed by atoms with Crippen molar-refractivity contribution in [3.05, 3.63) is 50.9 Å². The molecule has 0 saturated heterocycles. The van der Waals surface area contributed by atoms with E-state index in [0.29, 0.717) is 46.3 Å². The first-order valence-corrected chi connectivity index (χ1v) is 8.86. The quantitative estimate of drug-likeness (QED) is 0.597. The molecule has 1 N–H and O–H groups in total. The molecule has 0 fully saturated rings. The van der Waals surface area contributed by atoms with Crippen molar-refractivity contribution in [3.8, 4) is 5.75 Å². The van der Waals surface area contributed by atoms with Crippen LogP contribution >= 0.6 is 34.8 Å². The molecular weight excluding hydrogens is 389 g/mol. The van der Waals surface area contributed by atoms with Crippen molar-refractivity contribution in [2.75, 3.05) is 19.8 Å². The van der Waals surface area contributed by atoms with Crippen LogP contribution in [-0.2, 0) is 11.3 Å². The van der Waals surface area contributed by atoms with Crippen LogP contribution < -0.4 is 10.1 Å². The third-order valence-corrected chi connectivity index (χ3v) is 3.94. The molecule has 0 atom stereocenters. The van der Waals surface area contributed by atoms with Gasteiger partial charge in [-0.25, -0.2) is 0 Å². The molecule has 0 bridgehead atoms. The third-order valence-electron chi connectivity index (χ3n) is 3.16. The number of ether oxygens (including phenoxy) is 2. The molecule has 0 spiro atoms. The van der Waals surface area contributed by atoms with Gasteiger partial charge in [0.15, 0.2) is 11.5 Å². The van der Waals surface area contributed by atoms with Gasteiger partial charge in [-0.2, -0.15) is 0 Å². The SMILES string of the molecule is CCOCCCNC(=O)c1ccc(COc2c(Cl)cc(Cl)cc2Cl)o1. The summed E-state index contributed by atoms with van der Waals surface area (Å²) in [5, 5.41) is 3.78. The standard InChI is InChI=1S/C17H18Cl3NO4/c1-2-23-7-3-6-21-17(22)15-5-4-12(25-15)10-24-16-13(19)8-11(18)9-14(16)20/h4-5,8-9H,2-3,6-7,10H2,1H3,(H,21,22). The van der Waals surface area contributed by atoms with Crippen LogP contribution in [0.1, 0.15) is 29.7 Å². The highest BCUT2D eigenvalue weighted by Gasteiger charge is 2.13. The van der Waals surface area contributed by atoms with E-state index in [4.69, 9.17) is 48.7 Å². The summed E-state index contributed by atoms with van der Waals surface area (Å²) in [6.45, 7) is 3.79. The fourth-order valence-corrected chi connectivity index (χ4v) is 2.92. The zero-order valence-corrected chi connectivity index (χ0v) is 15.9. The molecule has 0 aliphatic carbocycles. The van der Waals surface area contributed by atoms with E-state index < -0.39 is 0 Å². The zero-order chi connectivity index (χ0) is 18.2. The molecular formula is C17H18Cl3NO4. The van der Waals surface area contributed by atoms with Gasteiger partial charge in [-0.05, 0) is 37.6 Å². The summed E-state index contributed by atoms with van der Waals surface area (Å²) in [7, 11) is 0. The van der Waals surface area contributed by atoms with Crippen LogP contribution in [0.25, 0.3) is 0 Å². The van der Waals surface area contributed by atoms with Crippen molar-refractivity contribution >= 4 is 40.7 Å². The minimum atomic E-state index is -0.287. The summed E-state index contributed by atoms with van der Waals surface area (Å²) in [4.78, 5) is 12.0. The fourth-order valence-electron chi connectivity index (χ4n) is 2.00. The average Bonchev–Trinajstić information content (AvgIpc) is 3.02. The van der Waals surface area contributed by atoms with Crippen molar-refractivity contribution in [2.24, 2.45) is 0 Å². The molecule has 1 amide bonds. The van der Waals surface area contributed by atoms with E-state index in [1.54, 1.807) is 12.1 Å². The van der Waals surface area contributed by atoms with Crippen molar-refractivity contribution < 1.29 is 18.7 Å². The molecule has 0 aliphatic rings. The largest absolute Gasteiger partial charge is 0.483 e. The van der Waals surface area contributed by atoms with E-state index in [1.165, 1.54) is 12.1 Å². The Morgan fingerprint density at radius 3 is 2.60 bits per heavy atom. The lowest BCUT2D eigenvalue weighted by Crippen LogP contribution is -2.24. The summed E-state index contributed by atoms with van der Waals surface area (Å²) >= 11 is 18.0. The van der Waals surface area contributed by atoms with Crippen LogP contribution in [-0.4, -0.2) is 25.7 Å². The number of hydrogen-bond acceptors (Lipinski definition) is 4. The number of amides is 1. The number of halogens is 3. The Bertz CT molecular complexity index is 695. The predicted molar refractivity (Wildman–Crippen MR) is 98.0 cm³/mol. The first-order chi connectivity index (χ1) is 12.0. The van der Waals surface area contributed by atoms with Crippen molar-refractivity contribution in [1.29, 1.82) is 0 Å². The minimum absolute atomic E-state index is 0.0820. The summed E-state index contributed by atoms with van der Waals surface area (Å²) in [5.41, 5.74) is 0. The first-order valence-electron chi connectivity index (χ1n) is 7.73. The van der Waals surface area contributed by atoms with Crippen molar-refractivity contribution in [1.82, 2.24) is 5.32 Å². The normalized spacial score (nSPS) is 10.7. The first kappa shape index (κ1) is 19.9. The second kappa shape index (κ2) is 9.92. The minimum Gasteiger partial charge on any atom is -0.483 e. The number of carbonyl (C=O) groups excluding carboxylic acids is 1. The molecule has 0 radical (unpaired) electrons. The van der Waals surface area contributed by atoms with Crippen LogP contribution in [0.5, 0.6) is 5.75 Å². The molecule has 8 heteroatoms. The maximum atomic E-state index is 12.0. The molecule has 1 aromatic heterocycles. The highest BCUT2D eigenvalue weighted by atomic mass is 35.5. The molecule has 1 aromatic carbocycles. The van der Waals surface area contributed by atoms with Crippen LogP contribution in [0.2, 0.25) is 15.1 Å². The third kappa shape index (κ3) is 6.12. The van der Waals surface area contributed by atoms with E-state index in [0.717, 1.165) is 6.42 Å². The monoisotopic (exact) mass is 405 g/mol. The van der Waals surface area contributed by atoms with Crippen LogP contribution in [0.4, 0.5) is 0 Å². The van der Waals surface area contributed by atoms with E-state index in [1.807, 2.05) is 6.92 Å². The van der Waals surface area contributed by atoms with Crippen LogP contribution in [0.3, 0.4) is 0 Å². The van der Waals surface area contributed by atoms with E-state index >= 15 is 0 Å². The molecule has 2 aromatic rings. The fraction of sp³-hybridized carbons (Fsp3) is 0.353. The molecule has 0 aliphatic heterocycles. The van der Waals surface area contributed by atoms with Gasteiger partial charge in [-0.1, -0.05) is 34.8 Å². The zero-order valence-electron chi connectivity index (χ0n) is 13.6. The van der Waals surface area contributed by atoms with Gasteiger partial charge in [0.2, 0.25) is 0 Å².